The van der Waals surface area contributed by atoms with Crippen molar-refractivity contribution in [2.24, 2.45) is 5.41 Å². The molecule has 37 heavy (non-hydrogen) atoms. The normalized spacial score (nSPS) is 14.0. The van der Waals surface area contributed by atoms with E-state index in [-0.39, 0.29) is 43.9 Å². The molecule has 1 fully saturated rings. The van der Waals surface area contributed by atoms with Crippen molar-refractivity contribution in [1.82, 2.24) is 23.6 Å². The van der Waals surface area contributed by atoms with Gasteiger partial charge in [-0.05, 0) is 34.6 Å². The summed E-state index contributed by atoms with van der Waals surface area (Å²) in [5.41, 5.74) is -1.82. The first-order valence-electron chi connectivity index (χ1n) is 12.1. The number of rotatable bonds is 8. The Kier molecular flexibility index (Phi) is 8.65. The van der Waals surface area contributed by atoms with Crippen LogP contribution in [0.1, 0.15) is 34.6 Å². The third-order valence-corrected chi connectivity index (χ3v) is 5.94. The van der Waals surface area contributed by atoms with Gasteiger partial charge in [-0.3, -0.25) is 18.7 Å². The minimum absolute atomic E-state index is 0.00587. The number of hydrogen-bond acceptors (Lipinski definition) is 8. The molecule has 1 N–H and O–H groups in total. The number of esters is 1. The van der Waals surface area contributed by atoms with Crippen LogP contribution in [0.4, 0.5) is 10.7 Å². The molecule has 202 valence electrons. The molecule has 2 aromatic rings. The number of aromatic nitrogens is 4. The largest absolute Gasteiger partial charge is 0.465 e. The summed E-state index contributed by atoms with van der Waals surface area (Å²) in [6.07, 6.45) is -1.00. The van der Waals surface area contributed by atoms with Gasteiger partial charge in [0, 0.05) is 32.8 Å². The molecule has 3 rings (SSSR count). The molecule has 2 aromatic heterocycles. The lowest BCUT2D eigenvalue weighted by Crippen LogP contribution is -2.49. The number of anilines is 1. The highest BCUT2D eigenvalue weighted by Gasteiger charge is 2.29. The van der Waals surface area contributed by atoms with Gasteiger partial charge >= 0.3 is 17.8 Å². The maximum atomic E-state index is 13.6. The Labute approximate surface area is 214 Å². The quantitative estimate of drug-likeness (QED) is 0.305. The average Bonchev–Trinajstić information content (AvgIpc) is 3.23. The van der Waals surface area contributed by atoms with Crippen molar-refractivity contribution in [3.8, 4) is 11.8 Å². The second-order valence-electron chi connectivity index (χ2n) is 9.53. The van der Waals surface area contributed by atoms with E-state index >= 15 is 0 Å². The monoisotopic (exact) mass is 518 g/mol. The van der Waals surface area contributed by atoms with Crippen molar-refractivity contribution in [2.45, 2.75) is 54.4 Å². The molecule has 0 atom stereocenters. The number of carbonyl (C=O) groups is 2. The number of fused-ring (bicyclic) bond motifs is 1. The summed E-state index contributed by atoms with van der Waals surface area (Å²) in [6, 6.07) is 0. The van der Waals surface area contributed by atoms with E-state index in [1.807, 2.05) is 11.8 Å². The maximum absolute atomic E-state index is 13.6. The van der Waals surface area contributed by atoms with Gasteiger partial charge in [-0.2, -0.15) is 4.98 Å². The van der Waals surface area contributed by atoms with Crippen LogP contribution in [0.25, 0.3) is 11.2 Å². The van der Waals surface area contributed by atoms with Gasteiger partial charge in [0.15, 0.2) is 17.9 Å². The number of piperazine rings is 1. The van der Waals surface area contributed by atoms with Crippen LogP contribution in [0.5, 0.6) is 0 Å². The van der Waals surface area contributed by atoms with Gasteiger partial charge in [0.05, 0.1) is 25.1 Å². The highest BCUT2D eigenvalue weighted by Crippen LogP contribution is 2.22. The maximum Gasteiger partial charge on any atom is 0.407 e. The molecule has 0 aromatic carbocycles. The van der Waals surface area contributed by atoms with Gasteiger partial charge in [0.25, 0.3) is 5.56 Å². The van der Waals surface area contributed by atoms with Gasteiger partial charge in [0.1, 0.15) is 0 Å². The Morgan fingerprint density at radius 2 is 1.76 bits per heavy atom. The van der Waals surface area contributed by atoms with E-state index in [2.05, 4.69) is 16.8 Å². The molecule has 1 saturated heterocycles. The molecular formula is C24H34N6O7. The highest BCUT2D eigenvalue weighted by atomic mass is 16.5. The average molecular weight is 519 g/mol. The highest BCUT2D eigenvalue weighted by molar-refractivity contribution is 5.76. The van der Waals surface area contributed by atoms with Crippen molar-refractivity contribution in [3.63, 3.8) is 0 Å². The first-order chi connectivity index (χ1) is 17.5. The van der Waals surface area contributed by atoms with Gasteiger partial charge in [0.2, 0.25) is 5.95 Å². The number of ether oxygens (including phenoxy) is 2. The SMILES string of the molecule is CC#CCn1c(N2CCN(C(=O)O)CC2)nc2c1c(=O)n(CCOCC)c(=O)n2COC(=O)C(C)(C)C. The van der Waals surface area contributed by atoms with Gasteiger partial charge < -0.3 is 24.4 Å². The fraction of sp³-hybridized carbons (Fsp3) is 0.625. The molecular weight excluding hydrogens is 484 g/mol. The van der Waals surface area contributed by atoms with Gasteiger partial charge in [-0.25, -0.2) is 14.2 Å². The summed E-state index contributed by atoms with van der Waals surface area (Å²) in [6.45, 7) is 10.1. The molecule has 0 unspecified atom stereocenters. The van der Waals surface area contributed by atoms with Crippen LogP contribution in [0.2, 0.25) is 0 Å². The summed E-state index contributed by atoms with van der Waals surface area (Å²) in [7, 11) is 0. The summed E-state index contributed by atoms with van der Waals surface area (Å²) < 4.78 is 14.6. The fourth-order valence-electron chi connectivity index (χ4n) is 3.88. The minimum Gasteiger partial charge on any atom is -0.465 e. The van der Waals surface area contributed by atoms with Crippen LogP contribution < -0.4 is 16.1 Å². The van der Waals surface area contributed by atoms with Crippen LogP contribution in [0, 0.1) is 17.3 Å². The van der Waals surface area contributed by atoms with E-state index in [1.54, 1.807) is 32.3 Å². The first kappa shape index (κ1) is 27.8. The van der Waals surface area contributed by atoms with Gasteiger partial charge in [-0.1, -0.05) is 5.92 Å². The third kappa shape index (κ3) is 5.96. The van der Waals surface area contributed by atoms with Crippen molar-refractivity contribution in [3.05, 3.63) is 20.8 Å². The fourth-order valence-corrected chi connectivity index (χ4v) is 3.88. The predicted octanol–water partition coefficient (Wildman–Crippen LogP) is 0.766. The molecule has 3 heterocycles. The van der Waals surface area contributed by atoms with Crippen LogP contribution in [0.15, 0.2) is 9.59 Å². The molecule has 13 heteroatoms. The van der Waals surface area contributed by atoms with Crippen LogP contribution in [-0.2, 0) is 34.1 Å². The van der Waals surface area contributed by atoms with Crippen molar-refractivity contribution in [2.75, 3.05) is 44.3 Å². The zero-order valence-electron chi connectivity index (χ0n) is 21.9. The van der Waals surface area contributed by atoms with Crippen LogP contribution in [0.3, 0.4) is 0 Å². The molecule has 13 nitrogen and oxygen atoms in total. The van der Waals surface area contributed by atoms with E-state index < -0.39 is 35.5 Å². The van der Waals surface area contributed by atoms with Crippen molar-refractivity contribution in [1.29, 1.82) is 0 Å². The summed E-state index contributed by atoms with van der Waals surface area (Å²) >= 11 is 0. The molecule has 1 aliphatic rings. The van der Waals surface area contributed by atoms with Crippen molar-refractivity contribution < 1.29 is 24.2 Å². The molecule has 0 spiro atoms. The zero-order valence-corrected chi connectivity index (χ0v) is 21.9. The lowest BCUT2D eigenvalue weighted by Gasteiger charge is -2.33. The lowest BCUT2D eigenvalue weighted by atomic mass is 9.98. The third-order valence-electron chi connectivity index (χ3n) is 5.94. The number of amides is 1. The summed E-state index contributed by atoms with van der Waals surface area (Å²) in [4.78, 5) is 58.6. The Bertz CT molecular complexity index is 1330. The predicted molar refractivity (Wildman–Crippen MR) is 136 cm³/mol. The van der Waals surface area contributed by atoms with Gasteiger partial charge in [-0.15, -0.1) is 5.92 Å². The van der Waals surface area contributed by atoms with Crippen LogP contribution >= 0.6 is 0 Å². The number of hydrogen-bond donors (Lipinski definition) is 1. The number of carboxylic acid groups (broad SMARTS) is 1. The number of imidazole rings is 1. The topological polar surface area (TPSA) is 141 Å². The van der Waals surface area contributed by atoms with Crippen LogP contribution in [-0.4, -0.2) is 80.1 Å². The van der Waals surface area contributed by atoms with E-state index in [0.29, 0.717) is 25.6 Å². The Hall–Kier alpha value is -3.79. The van der Waals surface area contributed by atoms with E-state index in [4.69, 9.17) is 9.47 Å². The lowest BCUT2D eigenvalue weighted by molar-refractivity contribution is -0.157. The number of carbonyl (C=O) groups excluding carboxylic acids is 1. The molecule has 0 radical (unpaired) electrons. The molecule has 0 aliphatic carbocycles. The van der Waals surface area contributed by atoms with Crippen molar-refractivity contribution >= 4 is 29.2 Å². The van der Waals surface area contributed by atoms with E-state index in [1.165, 1.54) is 9.47 Å². The number of nitrogens with zero attached hydrogens (tertiary/aromatic N) is 6. The molecule has 0 saturated carbocycles. The molecule has 1 amide bonds. The molecule has 0 bridgehead atoms. The van der Waals surface area contributed by atoms with E-state index in [0.717, 1.165) is 4.57 Å². The summed E-state index contributed by atoms with van der Waals surface area (Å²) in [5, 5.41) is 9.30. The van der Waals surface area contributed by atoms with E-state index in [9.17, 15) is 24.3 Å². The standard InChI is InChI=1S/C24H34N6O7/c1-6-8-9-28-17-18(25-21(28)26-10-12-27(13-11-26)23(34)35)30(16-37-20(32)24(3,4)5)22(33)29(19(17)31)14-15-36-7-2/h7,9-16H2,1-5H3,(H,34,35). The zero-order chi connectivity index (χ0) is 27.3. The minimum atomic E-state index is -1.00. The second kappa shape index (κ2) is 11.5. The Morgan fingerprint density at radius 1 is 1.08 bits per heavy atom. The Morgan fingerprint density at radius 3 is 2.32 bits per heavy atom. The Balaban J connectivity index is 2.19. The summed E-state index contributed by atoms with van der Waals surface area (Å²) in [5.74, 6) is 5.63. The molecule has 1 aliphatic heterocycles. The first-order valence-corrected chi connectivity index (χ1v) is 12.1. The smallest absolute Gasteiger partial charge is 0.407 e. The second-order valence-corrected chi connectivity index (χ2v) is 9.53.